The van der Waals surface area contributed by atoms with Crippen LogP contribution in [0.4, 0.5) is 0 Å². The maximum atomic E-state index is 6.18. The van der Waals surface area contributed by atoms with Crippen molar-refractivity contribution in [2.45, 2.75) is 90.9 Å². The third-order valence-corrected chi connectivity index (χ3v) is 6.75. The molecule has 0 unspecified atom stereocenters. The van der Waals surface area contributed by atoms with E-state index in [9.17, 15) is 0 Å². The van der Waals surface area contributed by atoms with Crippen LogP contribution < -0.4 is 18.9 Å². The first-order valence-corrected chi connectivity index (χ1v) is 14.6. The fraction of sp³-hybridized carbons (Fsp3) is 0.529. The van der Waals surface area contributed by atoms with Crippen LogP contribution >= 0.6 is 0 Å². The maximum absolute atomic E-state index is 6.18. The van der Waals surface area contributed by atoms with Crippen LogP contribution in [0.1, 0.15) is 108 Å². The van der Waals surface area contributed by atoms with Crippen LogP contribution in [0.3, 0.4) is 0 Å². The summed E-state index contributed by atoms with van der Waals surface area (Å²) in [6, 6.07) is 9.98. The smallest absolute Gasteiger partial charge is 0.127 e. The van der Waals surface area contributed by atoms with Gasteiger partial charge in [0.2, 0.25) is 0 Å². The Morgan fingerprint density at radius 2 is 1.11 bits per heavy atom. The number of ether oxygens (including phenoxy) is 4. The van der Waals surface area contributed by atoms with Crippen molar-refractivity contribution in [2.75, 3.05) is 27.4 Å². The third-order valence-electron chi connectivity index (χ3n) is 6.75. The third kappa shape index (κ3) is 11.2. The lowest BCUT2D eigenvalue weighted by Crippen LogP contribution is -2.00. The van der Waals surface area contributed by atoms with Gasteiger partial charge in [-0.1, -0.05) is 103 Å². The molecule has 4 heteroatoms. The Morgan fingerprint density at radius 1 is 0.579 bits per heavy atom. The van der Waals surface area contributed by atoms with Gasteiger partial charge in [-0.25, -0.2) is 0 Å². The first-order valence-electron chi connectivity index (χ1n) is 14.6. The molecule has 4 nitrogen and oxygen atoms in total. The minimum absolute atomic E-state index is 0.703. The van der Waals surface area contributed by atoms with Crippen molar-refractivity contribution in [2.24, 2.45) is 0 Å². The van der Waals surface area contributed by atoms with Gasteiger partial charge < -0.3 is 18.9 Å². The molecular formula is C34H50O4. The van der Waals surface area contributed by atoms with Gasteiger partial charge in [-0.15, -0.1) is 0 Å². The van der Waals surface area contributed by atoms with Crippen LogP contribution in [0.5, 0.6) is 23.0 Å². The molecule has 0 spiro atoms. The highest BCUT2D eigenvalue weighted by Gasteiger charge is 2.10. The Bertz CT molecular complexity index is 963. The Balaban J connectivity index is 2.11. The molecule has 0 heterocycles. The van der Waals surface area contributed by atoms with Gasteiger partial charge in [-0.05, 0) is 43.2 Å². The Morgan fingerprint density at radius 3 is 1.66 bits per heavy atom. The first kappa shape index (κ1) is 31.3. The second kappa shape index (κ2) is 19.2. The van der Waals surface area contributed by atoms with Gasteiger partial charge in [-0.2, -0.15) is 0 Å². The van der Waals surface area contributed by atoms with E-state index in [1.807, 2.05) is 36.4 Å². The van der Waals surface area contributed by atoms with Gasteiger partial charge in [-0.3, -0.25) is 0 Å². The highest BCUT2D eigenvalue weighted by atomic mass is 16.5. The van der Waals surface area contributed by atoms with E-state index >= 15 is 0 Å². The van der Waals surface area contributed by atoms with Gasteiger partial charge in [0.25, 0.3) is 0 Å². The van der Waals surface area contributed by atoms with Gasteiger partial charge in [0.15, 0.2) is 0 Å². The van der Waals surface area contributed by atoms with Gasteiger partial charge in [0.1, 0.15) is 23.0 Å². The summed E-state index contributed by atoms with van der Waals surface area (Å²) in [6.07, 6.45) is 20.8. The van der Waals surface area contributed by atoms with E-state index < -0.39 is 0 Å². The molecule has 0 radical (unpaired) electrons. The molecule has 0 atom stereocenters. The fourth-order valence-electron chi connectivity index (χ4n) is 4.41. The largest absolute Gasteiger partial charge is 0.497 e. The average Bonchev–Trinajstić information content (AvgIpc) is 2.95. The minimum atomic E-state index is 0.703. The molecule has 2 aromatic rings. The van der Waals surface area contributed by atoms with E-state index in [4.69, 9.17) is 18.9 Å². The van der Waals surface area contributed by atoms with Crippen molar-refractivity contribution in [3.8, 4) is 23.0 Å². The van der Waals surface area contributed by atoms with Crippen LogP contribution in [0.2, 0.25) is 0 Å². The van der Waals surface area contributed by atoms with Gasteiger partial charge in [0.05, 0.1) is 27.4 Å². The zero-order valence-corrected chi connectivity index (χ0v) is 24.4. The molecule has 0 amide bonds. The molecule has 0 aliphatic carbocycles. The fourth-order valence-corrected chi connectivity index (χ4v) is 4.41. The number of benzene rings is 2. The predicted molar refractivity (Wildman–Crippen MR) is 163 cm³/mol. The zero-order valence-electron chi connectivity index (χ0n) is 24.4. The SMILES string of the molecule is C=Cc1cc(OC)c(/C=C/c2cc(OC)ccc2OCCCCCCCC)cc1OCCCCCCCC. The average molecular weight is 523 g/mol. The first-order chi connectivity index (χ1) is 18.7. The van der Waals surface area contributed by atoms with Gasteiger partial charge >= 0.3 is 0 Å². The second-order valence-electron chi connectivity index (χ2n) is 9.81. The summed E-state index contributed by atoms with van der Waals surface area (Å²) in [5, 5.41) is 0. The molecule has 2 aromatic carbocycles. The van der Waals surface area contributed by atoms with Crippen LogP contribution in [-0.4, -0.2) is 27.4 Å². The van der Waals surface area contributed by atoms with Gasteiger partial charge in [0, 0.05) is 16.7 Å². The van der Waals surface area contributed by atoms with Crippen molar-refractivity contribution >= 4 is 18.2 Å². The summed E-state index contributed by atoms with van der Waals surface area (Å²) in [5.74, 6) is 3.27. The molecular weight excluding hydrogens is 472 g/mol. The minimum Gasteiger partial charge on any atom is -0.497 e. The summed E-state index contributed by atoms with van der Waals surface area (Å²) < 4.78 is 23.5. The highest BCUT2D eigenvalue weighted by Crippen LogP contribution is 2.33. The van der Waals surface area contributed by atoms with Crippen LogP contribution in [0.15, 0.2) is 36.9 Å². The number of rotatable bonds is 21. The molecule has 0 fully saturated rings. The summed E-state index contributed by atoms with van der Waals surface area (Å²) in [6.45, 7) is 9.88. The zero-order chi connectivity index (χ0) is 27.4. The van der Waals surface area contributed by atoms with E-state index in [2.05, 4.69) is 32.6 Å². The number of unbranched alkanes of at least 4 members (excludes halogenated alkanes) is 10. The molecule has 38 heavy (non-hydrogen) atoms. The lowest BCUT2D eigenvalue weighted by molar-refractivity contribution is 0.303. The van der Waals surface area contributed by atoms with Crippen molar-refractivity contribution in [1.82, 2.24) is 0 Å². The lowest BCUT2D eigenvalue weighted by Gasteiger charge is -2.14. The molecule has 0 aromatic heterocycles. The molecule has 0 saturated carbocycles. The standard InChI is InChI=1S/C34H50O4/c1-6-9-11-13-15-17-23-37-32-22-21-31(35-4)25-29(32)19-20-30-27-34(28(8-3)26-33(30)36-5)38-24-18-16-14-12-10-7-2/h8,19-22,25-27H,3,6-7,9-18,23-24H2,1-2,4-5H3/b20-19+. The Kier molecular flexibility index (Phi) is 15.9. The number of hydrogen-bond acceptors (Lipinski definition) is 4. The Hall–Kier alpha value is -2.88. The molecule has 210 valence electrons. The number of hydrogen-bond donors (Lipinski definition) is 0. The molecule has 0 aliphatic heterocycles. The van der Waals surface area contributed by atoms with E-state index in [-0.39, 0.29) is 0 Å². The van der Waals surface area contributed by atoms with Crippen LogP contribution in [0, 0.1) is 0 Å². The van der Waals surface area contributed by atoms with Crippen molar-refractivity contribution in [3.63, 3.8) is 0 Å². The van der Waals surface area contributed by atoms with Crippen molar-refractivity contribution in [1.29, 1.82) is 0 Å². The molecule has 0 N–H and O–H groups in total. The Labute approximate surface area is 232 Å². The van der Waals surface area contributed by atoms with E-state index in [1.54, 1.807) is 14.2 Å². The molecule has 0 saturated heterocycles. The predicted octanol–water partition coefficient (Wildman–Crippen LogP) is 10.00. The van der Waals surface area contributed by atoms with E-state index in [0.717, 1.165) is 52.5 Å². The van der Waals surface area contributed by atoms with Crippen molar-refractivity contribution in [3.05, 3.63) is 53.6 Å². The van der Waals surface area contributed by atoms with Crippen LogP contribution in [0.25, 0.3) is 18.2 Å². The van der Waals surface area contributed by atoms with Crippen LogP contribution in [-0.2, 0) is 0 Å². The molecule has 0 bridgehead atoms. The summed E-state index contributed by atoms with van der Waals surface area (Å²) in [4.78, 5) is 0. The quantitative estimate of drug-likeness (QED) is 0.121. The number of methoxy groups -OCH3 is 2. The lowest BCUT2D eigenvalue weighted by atomic mass is 10.1. The molecule has 2 rings (SSSR count). The second-order valence-corrected chi connectivity index (χ2v) is 9.81. The summed E-state index contributed by atoms with van der Waals surface area (Å²) in [7, 11) is 3.38. The maximum Gasteiger partial charge on any atom is 0.127 e. The molecule has 0 aliphatic rings. The highest BCUT2D eigenvalue weighted by molar-refractivity contribution is 5.77. The summed E-state index contributed by atoms with van der Waals surface area (Å²) >= 11 is 0. The topological polar surface area (TPSA) is 36.9 Å². The van der Waals surface area contributed by atoms with E-state index in [1.165, 1.54) is 64.2 Å². The van der Waals surface area contributed by atoms with E-state index in [0.29, 0.717) is 13.2 Å². The normalized spacial score (nSPS) is 11.1. The monoisotopic (exact) mass is 522 g/mol. The summed E-state index contributed by atoms with van der Waals surface area (Å²) in [5.41, 5.74) is 2.86. The van der Waals surface area contributed by atoms with Crippen molar-refractivity contribution < 1.29 is 18.9 Å².